The zero-order valence-corrected chi connectivity index (χ0v) is 15.9. The van der Waals surface area contributed by atoms with Crippen molar-refractivity contribution < 1.29 is 9.53 Å². The van der Waals surface area contributed by atoms with E-state index in [0.717, 1.165) is 36.5 Å². The Bertz CT molecular complexity index is 720. The Kier molecular flexibility index (Phi) is 6.27. The van der Waals surface area contributed by atoms with Gasteiger partial charge in [-0.1, -0.05) is 43.1 Å². The summed E-state index contributed by atoms with van der Waals surface area (Å²) in [5.74, 6) is 1.76. The quantitative estimate of drug-likeness (QED) is 0.632. The molecule has 0 spiro atoms. The monoisotopic (exact) mass is 375 g/mol. The van der Waals surface area contributed by atoms with Gasteiger partial charge in [-0.2, -0.15) is 0 Å². The van der Waals surface area contributed by atoms with E-state index in [-0.39, 0.29) is 11.3 Å². The summed E-state index contributed by atoms with van der Waals surface area (Å²) in [6, 6.07) is 15.2. The SMILES string of the molecule is CCCCOc1ccc(C(=O)N2CCSC2c2ccccc2Cl)cc1. The molecule has 132 valence electrons. The molecule has 1 atom stereocenters. The zero-order chi connectivity index (χ0) is 17.6. The first-order valence-electron chi connectivity index (χ1n) is 8.60. The fourth-order valence-corrected chi connectivity index (χ4v) is 4.40. The molecule has 1 amide bonds. The molecule has 25 heavy (non-hydrogen) atoms. The molecule has 0 radical (unpaired) electrons. The lowest BCUT2D eigenvalue weighted by atomic mass is 10.1. The number of thioether (sulfide) groups is 1. The van der Waals surface area contributed by atoms with E-state index in [1.54, 1.807) is 11.8 Å². The van der Waals surface area contributed by atoms with Crippen molar-refractivity contribution in [3.05, 3.63) is 64.7 Å². The summed E-state index contributed by atoms with van der Waals surface area (Å²) in [5.41, 5.74) is 1.68. The molecule has 0 saturated carbocycles. The molecule has 1 heterocycles. The van der Waals surface area contributed by atoms with Crippen molar-refractivity contribution in [2.45, 2.75) is 25.1 Å². The third kappa shape index (κ3) is 4.31. The summed E-state index contributed by atoms with van der Waals surface area (Å²) < 4.78 is 5.67. The van der Waals surface area contributed by atoms with Gasteiger partial charge in [-0.15, -0.1) is 11.8 Å². The van der Waals surface area contributed by atoms with Crippen LogP contribution in [0, 0.1) is 0 Å². The number of halogens is 1. The van der Waals surface area contributed by atoms with Gasteiger partial charge in [-0.25, -0.2) is 0 Å². The highest BCUT2D eigenvalue weighted by molar-refractivity contribution is 7.99. The van der Waals surface area contributed by atoms with E-state index in [2.05, 4.69) is 6.92 Å². The summed E-state index contributed by atoms with van der Waals surface area (Å²) in [4.78, 5) is 14.8. The van der Waals surface area contributed by atoms with E-state index in [1.807, 2.05) is 53.4 Å². The summed E-state index contributed by atoms with van der Waals surface area (Å²) >= 11 is 8.09. The van der Waals surface area contributed by atoms with Crippen molar-refractivity contribution in [3.8, 4) is 5.75 Å². The first-order valence-corrected chi connectivity index (χ1v) is 10.0. The molecule has 1 aliphatic heterocycles. The molecule has 1 fully saturated rings. The fourth-order valence-electron chi connectivity index (χ4n) is 2.80. The van der Waals surface area contributed by atoms with Crippen LogP contribution in [0.25, 0.3) is 0 Å². The third-order valence-electron chi connectivity index (χ3n) is 4.19. The van der Waals surface area contributed by atoms with Crippen LogP contribution >= 0.6 is 23.4 Å². The Balaban J connectivity index is 1.72. The second-order valence-corrected chi connectivity index (χ2v) is 7.56. The van der Waals surface area contributed by atoms with Gasteiger partial charge in [-0.05, 0) is 36.8 Å². The van der Waals surface area contributed by atoms with Gasteiger partial charge < -0.3 is 9.64 Å². The molecule has 1 unspecified atom stereocenters. The Morgan fingerprint density at radius 1 is 1.24 bits per heavy atom. The molecule has 0 aromatic heterocycles. The van der Waals surface area contributed by atoms with E-state index < -0.39 is 0 Å². The molecular weight excluding hydrogens is 354 g/mol. The average Bonchev–Trinajstić information content (AvgIpc) is 3.12. The first-order chi connectivity index (χ1) is 12.2. The van der Waals surface area contributed by atoms with Crippen LogP contribution in [0.4, 0.5) is 0 Å². The molecule has 0 aliphatic carbocycles. The molecule has 2 aromatic rings. The van der Waals surface area contributed by atoms with Crippen LogP contribution in [0.1, 0.15) is 41.1 Å². The van der Waals surface area contributed by atoms with E-state index in [9.17, 15) is 4.79 Å². The number of hydrogen-bond acceptors (Lipinski definition) is 3. The Labute approximate surface area is 158 Å². The van der Waals surface area contributed by atoms with Crippen LogP contribution in [0.15, 0.2) is 48.5 Å². The topological polar surface area (TPSA) is 29.5 Å². The molecule has 2 aromatic carbocycles. The third-order valence-corrected chi connectivity index (χ3v) is 5.78. The maximum atomic E-state index is 12.9. The molecule has 0 N–H and O–H groups in total. The van der Waals surface area contributed by atoms with Gasteiger partial charge >= 0.3 is 0 Å². The summed E-state index contributed by atoms with van der Waals surface area (Å²) in [6.45, 7) is 3.57. The highest BCUT2D eigenvalue weighted by Crippen LogP contribution is 2.41. The van der Waals surface area contributed by atoms with Gasteiger partial charge in [0.2, 0.25) is 0 Å². The number of hydrogen-bond donors (Lipinski definition) is 0. The van der Waals surface area contributed by atoms with Gasteiger partial charge in [0.15, 0.2) is 0 Å². The van der Waals surface area contributed by atoms with Gasteiger partial charge in [-0.3, -0.25) is 4.79 Å². The van der Waals surface area contributed by atoms with E-state index in [4.69, 9.17) is 16.3 Å². The smallest absolute Gasteiger partial charge is 0.255 e. The number of amides is 1. The molecule has 5 heteroatoms. The normalized spacial score (nSPS) is 16.9. The molecule has 1 aliphatic rings. The van der Waals surface area contributed by atoms with Crippen LogP contribution in [0.5, 0.6) is 5.75 Å². The molecular formula is C20H22ClNO2S. The highest BCUT2D eigenvalue weighted by atomic mass is 35.5. The molecule has 3 rings (SSSR count). The number of unbranched alkanes of at least 4 members (excludes halogenated alkanes) is 1. The Morgan fingerprint density at radius 3 is 2.72 bits per heavy atom. The number of ether oxygens (including phenoxy) is 1. The van der Waals surface area contributed by atoms with Crippen molar-refractivity contribution in [1.82, 2.24) is 4.90 Å². The van der Waals surface area contributed by atoms with Crippen molar-refractivity contribution in [2.24, 2.45) is 0 Å². The maximum absolute atomic E-state index is 12.9. The van der Waals surface area contributed by atoms with E-state index >= 15 is 0 Å². The lowest BCUT2D eigenvalue weighted by molar-refractivity contribution is 0.0760. The van der Waals surface area contributed by atoms with Gasteiger partial charge in [0.1, 0.15) is 11.1 Å². The Morgan fingerprint density at radius 2 is 2.00 bits per heavy atom. The molecule has 3 nitrogen and oxygen atoms in total. The predicted molar refractivity (Wildman–Crippen MR) is 105 cm³/mol. The largest absolute Gasteiger partial charge is 0.494 e. The average molecular weight is 376 g/mol. The minimum absolute atomic E-state index is 0.0262. The number of benzene rings is 2. The van der Waals surface area contributed by atoms with Crippen molar-refractivity contribution >= 4 is 29.3 Å². The zero-order valence-electron chi connectivity index (χ0n) is 14.3. The van der Waals surface area contributed by atoms with Crippen molar-refractivity contribution in [1.29, 1.82) is 0 Å². The fraction of sp³-hybridized carbons (Fsp3) is 0.350. The van der Waals surface area contributed by atoms with Crippen LogP contribution in [0.3, 0.4) is 0 Å². The second-order valence-electron chi connectivity index (χ2n) is 5.97. The van der Waals surface area contributed by atoms with E-state index in [1.165, 1.54) is 0 Å². The van der Waals surface area contributed by atoms with E-state index in [0.29, 0.717) is 17.2 Å². The standard InChI is InChI=1S/C20H22ClNO2S/c1-2-3-13-24-16-10-8-15(9-11-16)19(23)22-12-14-25-20(22)17-6-4-5-7-18(17)21/h4-11,20H,2-3,12-14H2,1H3. The van der Waals surface area contributed by atoms with Crippen molar-refractivity contribution in [2.75, 3.05) is 18.9 Å². The number of carbonyl (C=O) groups is 1. The first kappa shape index (κ1) is 18.2. The maximum Gasteiger partial charge on any atom is 0.255 e. The van der Waals surface area contributed by atoms with Crippen LogP contribution in [-0.2, 0) is 0 Å². The number of rotatable bonds is 6. The van der Waals surface area contributed by atoms with Crippen LogP contribution in [0.2, 0.25) is 5.02 Å². The number of nitrogens with zero attached hydrogens (tertiary/aromatic N) is 1. The summed E-state index contributed by atoms with van der Waals surface area (Å²) in [7, 11) is 0. The van der Waals surface area contributed by atoms with Gasteiger partial charge in [0.05, 0.1) is 6.61 Å². The minimum atomic E-state index is -0.0262. The van der Waals surface area contributed by atoms with Gasteiger partial charge in [0, 0.05) is 28.4 Å². The predicted octanol–water partition coefficient (Wildman–Crippen LogP) is 5.41. The Hall–Kier alpha value is -1.65. The van der Waals surface area contributed by atoms with Crippen LogP contribution in [-0.4, -0.2) is 29.7 Å². The number of carbonyl (C=O) groups excluding carboxylic acids is 1. The summed E-state index contributed by atoms with van der Waals surface area (Å²) in [5, 5.41) is 0.682. The molecule has 0 bridgehead atoms. The lowest BCUT2D eigenvalue weighted by Crippen LogP contribution is -2.30. The summed E-state index contributed by atoms with van der Waals surface area (Å²) in [6.07, 6.45) is 2.14. The minimum Gasteiger partial charge on any atom is -0.494 e. The highest BCUT2D eigenvalue weighted by Gasteiger charge is 2.32. The van der Waals surface area contributed by atoms with Gasteiger partial charge in [0.25, 0.3) is 5.91 Å². The molecule has 1 saturated heterocycles. The second kappa shape index (κ2) is 8.63. The van der Waals surface area contributed by atoms with Crippen LogP contribution < -0.4 is 4.74 Å². The lowest BCUT2D eigenvalue weighted by Gasteiger charge is -2.25. The van der Waals surface area contributed by atoms with Crippen molar-refractivity contribution in [3.63, 3.8) is 0 Å².